The molecule has 0 spiro atoms. The first-order chi connectivity index (χ1) is 22.4. The van der Waals surface area contributed by atoms with Gasteiger partial charge in [0.15, 0.2) is 11.1 Å². The molecule has 2 aromatic carbocycles. The third-order valence-corrected chi connectivity index (χ3v) is 9.85. The molecule has 12 heteroatoms. The molecule has 244 valence electrons. The summed E-state index contributed by atoms with van der Waals surface area (Å²) in [5, 5.41) is 14.0. The van der Waals surface area contributed by atoms with Gasteiger partial charge in [-0.1, -0.05) is 30.3 Å². The van der Waals surface area contributed by atoms with Gasteiger partial charge in [0.25, 0.3) is 5.91 Å². The highest BCUT2D eigenvalue weighted by atomic mass is 19.4. The van der Waals surface area contributed by atoms with Gasteiger partial charge >= 0.3 is 12.3 Å². The van der Waals surface area contributed by atoms with Crippen LogP contribution in [-0.4, -0.2) is 45.5 Å². The first-order valence-corrected chi connectivity index (χ1v) is 15.5. The molecule has 2 N–H and O–H groups in total. The van der Waals surface area contributed by atoms with Crippen LogP contribution in [0.25, 0.3) is 16.7 Å². The first kappa shape index (κ1) is 30.9. The van der Waals surface area contributed by atoms with Gasteiger partial charge in [0.05, 0.1) is 29.3 Å². The Labute approximate surface area is 267 Å². The van der Waals surface area contributed by atoms with Crippen LogP contribution < -0.4 is 15.5 Å². The predicted octanol–water partition coefficient (Wildman–Crippen LogP) is 5.81. The van der Waals surface area contributed by atoms with Crippen LogP contribution in [0.15, 0.2) is 71.5 Å². The number of aliphatic hydroxyl groups is 1. The Hall–Kier alpha value is -4.71. The van der Waals surface area contributed by atoms with E-state index in [1.54, 1.807) is 54.6 Å². The number of methoxy groups -OCH3 is 1. The highest BCUT2D eigenvalue weighted by Crippen LogP contribution is 2.55. The van der Waals surface area contributed by atoms with Crippen molar-refractivity contribution in [2.75, 3.05) is 7.11 Å². The van der Waals surface area contributed by atoms with Gasteiger partial charge in [-0.3, -0.25) is 14.2 Å². The molecule has 5 atom stereocenters. The van der Waals surface area contributed by atoms with Crippen molar-refractivity contribution in [3.8, 4) is 11.6 Å². The number of pyridine rings is 2. The second kappa shape index (κ2) is 11.5. The monoisotopic (exact) mass is 647 g/mol. The summed E-state index contributed by atoms with van der Waals surface area (Å²) in [5.74, 6) is 0.465. The molecule has 4 fully saturated rings. The number of para-hydroxylation sites is 1. The lowest BCUT2D eigenvalue weighted by atomic mass is 9.52. The quantitative estimate of drug-likeness (QED) is 0.254. The van der Waals surface area contributed by atoms with Gasteiger partial charge in [-0.05, 0) is 91.8 Å². The molecule has 0 radical (unpaired) electrons. The SMILES string of the molecule is COC(=O)Oc1c(Cc2ccc(C(=O)NC3[C@@H]4CC5C[C@H]3CC(O)(C5)C4)cc2)c(=O)c2ccc(C(F)(F)F)nc2n1-c1ccccc1. The van der Waals surface area contributed by atoms with Crippen LogP contribution in [0.2, 0.25) is 0 Å². The van der Waals surface area contributed by atoms with E-state index in [2.05, 4.69) is 10.3 Å². The zero-order chi connectivity index (χ0) is 33.1. The average molecular weight is 648 g/mol. The van der Waals surface area contributed by atoms with E-state index in [9.17, 15) is 32.7 Å². The molecule has 9 nitrogen and oxygen atoms in total. The number of hydrogen-bond donors (Lipinski definition) is 2. The molecule has 2 heterocycles. The summed E-state index contributed by atoms with van der Waals surface area (Å²) in [6.07, 6.45) is -1.75. The molecule has 2 aromatic heterocycles. The molecule has 47 heavy (non-hydrogen) atoms. The van der Waals surface area contributed by atoms with Gasteiger partial charge in [-0.2, -0.15) is 13.2 Å². The number of rotatable bonds is 6. The van der Waals surface area contributed by atoms with Gasteiger partial charge in [0.2, 0.25) is 5.88 Å². The number of benzene rings is 2. The van der Waals surface area contributed by atoms with E-state index in [1.807, 2.05) is 0 Å². The summed E-state index contributed by atoms with van der Waals surface area (Å²) in [6, 6.07) is 16.6. The molecule has 4 bridgehead atoms. The first-order valence-electron chi connectivity index (χ1n) is 15.5. The fourth-order valence-electron chi connectivity index (χ4n) is 8.07. The second-order valence-corrected chi connectivity index (χ2v) is 13.0. The number of halogens is 3. The normalized spacial score (nSPS) is 24.7. The smallest absolute Gasteiger partial charge is 0.437 e. The molecule has 0 saturated heterocycles. The van der Waals surface area contributed by atoms with Crippen LogP contribution in [0.4, 0.5) is 18.0 Å². The van der Waals surface area contributed by atoms with Crippen molar-refractivity contribution in [2.24, 2.45) is 17.8 Å². The number of hydrogen-bond acceptors (Lipinski definition) is 7. The van der Waals surface area contributed by atoms with Crippen molar-refractivity contribution in [3.63, 3.8) is 0 Å². The number of carbonyl (C=O) groups is 2. The number of alkyl halides is 3. The van der Waals surface area contributed by atoms with Crippen molar-refractivity contribution >= 4 is 23.1 Å². The van der Waals surface area contributed by atoms with Gasteiger partial charge in [-0.25, -0.2) is 9.78 Å². The maximum absolute atomic E-state index is 13.9. The van der Waals surface area contributed by atoms with Crippen LogP contribution in [0.1, 0.15) is 59.3 Å². The number of ether oxygens (including phenoxy) is 2. The lowest BCUT2D eigenvalue weighted by molar-refractivity contribution is -0.141. The standard InChI is InChI=1S/C35H32F3N3O6/c1-46-33(44)47-32-26(29(42)25-11-12-27(35(36,37)38)39-30(25)41(32)24-5-3-2-4-6-24)15-19-7-9-21(10-8-19)31(43)40-28-22-13-20-14-23(28)18-34(45,16-20)17-22/h2-12,20,22-23,28,45H,13-18H2,1H3,(H,40,43)/t20?,22-,23+,28?,34?. The maximum atomic E-state index is 13.9. The summed E-state index contributed by atoms with van der Waals surface area (Å²) in [4.78, 5) is 43.4. The van der Waals surface area contributed by atoms with Crippen molar-refractivity contribution in [1.82, 2.24) is 14.9 Å². The Kier molecular flexibility index (Phi) is 7.58. The summed E-state index contributed by atoms with van der Waals surface area (Å²) < 4.78 is 52.5. The van der Waals surface area contributed by atoms with Crippen LogP contribution in [0, 0.1) is 17.8 Å². The van der Waals surface area contributed by atoms with E-state index in [1.165, 1.54) is 4.57 Å². The molecule has 1 amide bonds. The third kappa shape index (κ3) is 5.75. The fraction of sp³-hybridized carbons (Fsp3) is 0.371. The van der Waals surface area contributed by atoms with E-state index in [-0.39, 0.29) is 52.7 Å². The summed E-state index contributed by atoms with van der Waals surface area (Å²) in [6.45, 7) is 0. The van der Waals surface area contributed by atoms with E-state index in [4.69, 9.17) is 9.47 Å². The Balaban J connectivity index is 1.24. The molecular formula is C35H32F3N3O6. The minimum absolute atomic E-state index is 0.0116. The van der Waals surface area contributed by atoms with Crippen molar-refractivity contribution in [1.29, 1.82) is 0 Å². The maximum Gasteiger partial charge on any atom is 0.514 e. The van der Waals surface area contributed by atoms with Gasteiger partial charge < -0.3 is 19.9 Å². The van der Waals surface area contributed by atoms with Crippen LogP contribution in [0.3, 0.4) is 0 Å². The highest BCUT2D eigenvalue weighted by molar-refractivity contribution is 5.94. The fourth-order valence-corrected chi connectivity index (χ4v) is 8.07. The number of nitrogens with zero attached hydrogens (tertiary/aromatic N) is 2. The lowest BCUT2D eigenvalue weighted by Crippen LogP contribution is -2.61. The molecule has 4 aromatic rings. The summed E-state index contributed by atoms with van der Waals surface area (Å²) in [5.41, 5.74) is -1.54. The van der Waals surface area contributed by atoms with Gasteiger partial charge in [0, 0.05) is 18.0 Å². The Morgan fingerprint density at radius 2 is 1.68 bits per heavy atom. The molecule has 4 aliphatic carbocycles. The number of nitrogens with one attached hydrogen (secondary N) is 1. The molecule has 0 aliphatic heterocycles. The summed E-state index contributed by atoms with van der Waals surface area (Å²) in [7, 11) is 1.07. The lowest BCUT2D eigenvalue weighted by Gasteiger charge is -2.58. The highest BCUT2D eigenvalue weighted by Gasteiger charge is 2.55. The summed E-state index contributed by atoms with van der Waals surface area (Å²) >= 11 is 0. The van der Waals surface area contributed by atoms with Gasteiger partial charge in [0.1, 0.15) is 5.69 Å². The van der Waals surface area contributed by atoms with Crippen molar-refractivity contribution in [3.05, 3.63) is 99.3 Å². The van der Waals surface area contributed by atoms with E-state index in [0.29, 0.717) is 35.6 Å². The second-order valence-electron chi connectivity index (χ2n) is 13.0. The Morgan fingerprint density at radius 1 is 1.00 bits per heavy atom. The topological polar surface area (TPSA) is 120 Å². The molecule has 4 aliphatic rings. The zero-order valence-electron chi connectivity index (χ0n) is 25.4. The van der Waals surface area contributed by atoms with Crippen LogP contribution in [0.5, 0.6) is 5.88 Å². The molecule has 8 rings (SSSR count). The molecule has 3 unspecified atom stereocenters. The minimum Gasteiger partial charge on any atom is -0.437 e. The number of carbonyl (C=O) groups excluding carboxylic acids is 2. The molecular weight excluding hydrogens is 615 g/mol. The van der Waals surface area contributed by atoms with Crippen LogP contribution in [-0.2, 0) is 17.3 Å². The van der Waals surface area contributed by atoms with Gasteiger partial charge in [-0.15, -0.1) is 0 Å². The molecule has 4 saturated carbocycles. The third-order valence-electron chi connectivity index (χ3n) is 9.85. The number of aromatic nitrogens is 2. The van der Waals surface area contributed by atoms with Crippen LogP contribution >= 0.6 is 0 Å². The Bertz CT molecular complexity index is 1910. The Morgan fingerprint density at radius 3 is 2.30 bits per heavy atom. The predicted molar refractivity (Wildman–Crippen MR) is 164 cm³/mol. The average Bonchev–Trinajstić information content (AvgIpc) is 3.03. The number of amides is 1. The number of fused-ring (bicyclic) bond motifs is 1. The van der Waals surface area contributed by atoms with E-state index in [0.717, 1.165) is 38.5 Å². The van der Waals surface area contributed by atoms with Crippen molar-refractivity contribution < 1.29 is 37.3 Å². The minimum atomic E-state index is -4.79. The zero-order valence-corrected chi connectivity index (χ0v) is 25.4. The van der Waals surface area contributed by atoms with E-state index >= 15 is 0 Å². The van der Waals surface area contributed by atoms with Crippen molar-refractivity contribution in [2.45, 2.75) is 56.3 Å². The van der Waals surface area contributed by atoms with E-state index < -0.39 is 29.1 Å². The largest absolute Gasteiger partial charge is 0.514 e.